The molecule has 0 saturated heterocycles. The van der Waals surface area contributed by atoms with Crippen molar-refractivity contribution < 1.29 is 14.3 Å². The average Bonchev–Trinajstić information content (AvgIpc) is 3.57. The number of nitrogens with one attached hydrogen (secondary N) is 2. The second-order valence-electron chi connectivity index (χ2n) is 6.68. The molecule has 2 N–H and O–H groups in total. The van der Waals surface area contributed by atoms with Crippen molar-refractivity contribution in [2.24, 2.45) is 0 Å². The van der Waals surface area contributed by atoms with Gasteiger partial charge in [-0.2, -0.15) is 4.98 Å². The molecule has 0 atom stereocenters. The van der Waals surface area contributed by atoms with Gasteiger partial charge in [-0.15, -0.1) is 27.8 Å². The van der Waals surface area contributed by atoms with Crippen molar-refractivity contribution in [1.29, 1.82) is 0 Å². The van der Waals surface area contributed by atoms with Crippen LogP contribution in [0.4, 0.5) is 5.95 Å². The van der Waals surface area contributed by atoms with Crippen LogP contribution in [0.25, 0.3) is 31.5 Å². The van der Waals surface area contributed by atoms with E-state index in [2.05, 4.69) is 25.5 Å². The number of hydrogen-bond acceptors (Lipinski definition) is 8. The lowest BCUT2D eigenvalue weighted by Gasteiger charge is -2.07. The number of thiazole rings is 1. The minimum absolute atomic E-state index is 0.179. The van der Waals surface area contributed by atoms with Crippen LogP contribution in [-0.4, -0.2) is 40.3 Å². The summed E-state index contributed by atoms with van der Waals surface area (Å²) in [5, 5.41) is 10.6. The van der Waals surface area contributed by atoms with Gasteiger partial charge in [0, 0.05) is 6.07 Å². The number of benzene rings is 2. The molecule has 160 valence electrons. The van der Waals surface area contributed by atoms with Gasteiger partial charge in [0.2, 0.25) is 5.95 Å². The molecule has 32 heavy (non-hydrogen) atoms. The Hall–Kier alpha value is -3.76. The molecule has 0 saturated carbocycles. The van der Waals surface area contributed by atoms with Crippen LogP contribution in [0.1, 0.15) is 9.67 Å². The standard InChI is InChI=1S/C22H17N5O3S2/c1-29-12-7-8-13(15(11-12)30-2)19-24-22(27-26-19)25-20(28)17-9-10-18(31-17)21-23-14-5-3-4-6-16(14)32-21/h3-11H,1-2H3,(H2,24,25,26,27,28). The fourth-order valence-electron chi connectivity index (χ4n) is 3.15. The molecule has 0 spiro atoms. The lowest BCUT2D eigenvalue weighted by molar-refractivity contribution is 0.102. The summed E-state index contributed by atoms with van der Waals surface area (Å²) in [6.07, 6.45) is 0. The minimum atomic E-state index is -0.283. The first-order chi connectivity index (χ1) is 15.6. The van der Waals surface area contributed by atoms with E-state index in [1.54, 1.807) is 43.8 Å². The topological polar surface area (TPSA) is 102 Å². The molecule has 0 bridgehead atoms. The van der Waals surface area contributed by atoms with Crippen molar-refractivity contribution in [2.75, 3.05) is 19.5 Å². The molecular formula is C22H17N5O3S2. The van der Waals surface area contributed by atoms with Crippen molar-refractivity contribution in [1.82, 2.24) is 20.2 Å². The van der Waals surface area contributed by atoms with Gasteiger partial charge in [0.05, 0.1) is 39.8 Å². The molecule has 3 heterocycles. The number of para-hydroxylation sites is 1. The van der Waals surface area contributed by atoms with Crippen LogP contribution in [0.15, 0.2) is 54.6 Å². The SMILES string of the molecule is COc1ccc(-c2nc(NC(=O)c3ccc(-c4nc5ccccc5s4)s3)n[nH]2)c(OC)c1. The summed E-state index contributed by atoms with van der Waals surface area (Å²) in [6, 6.07) is 17.0. The van der Waals surface area contributed by atoms with Crippen LogP contribution in [0.2, 0.25) is 0 Å². The second kappa shape index (κ2) is 8.40. The molecule has 2 aromatic carbocycles. The Morgan fingerprint density at radius 1 is 1.00 bits per heavy atom. The predicted molar refractivity (Wildman–Crippen MR) is 126 cm³/mol. The highest BCUT2D eigenvalue weighted by molar-refractivity contribution is 7.26. The summed E-state index contributed by atoms with van der Waals surface area (Å²) < 4.78 is 11.7. The van der Waals surface area contributed by atoms with E-state index in [1.807, 2.05) is 36.4 Å². The van der Waals surface area contributed by atoms with Gasteiger partial charge in [0.1, 0.15) is 16.5 Å². The number of hydrogen-bond donors (Lipinski definition) is 2. The van der Waals surface area contributed by atoms with Gasteiger partial charge in [-0.1, -0.05) is 12.1 Å². The number of thiophene rings is 1. The van der Waals surface area contributed by atoms with Gasteiger partial charge in [-0.3, -0.25) is 15.2 Å². The minimum Gasteiger partial charge on any atom is -0.497 e. The number of aromatic nitrogens is 4. The molecule has 8 nitrogen and oxygen atoms in total. The van der Waals surface area contributed by atoms with Crippen LogP contribution in [0, 0.1) is 0 Å². The highest BCUT2D eigenvalue weighted by Crippen LogP contribution is 2.35. The highest BCUT2D eigenvalue weighted by Gasteiger charge is 2.17. The molecule has 5 aromatic rings. The molecule has 0 fully saturated rings. The van der Waals surface area contributed by atoms with E-state index in [-0.39, 0.29) is 11.9 Å². The number of aromatic amines is 1. The number of H-pyrrole nitrogens is 1. The molecule has 1 amide bonds. The Morgan fingerprint density at radius 2 is 1.88 bits per heavy atom. The van der Waals surface area contributed by atoms with Crippen molar-refractivity contribution in [3.05, 3.63) is 59.5 Å². The summed E-state index contributed by atoms with van der Waals surface area (Å²) in [5.41, 5.74) is 1.66. The van der Waals surface area contributed by atoms with Gasteiger partial charge in [0.25, 0.3) is 5.91 Å². The number of carbonyl (C=O) groups is 1. The maximum absolute atomic E-state index is 12.7. The Morgan fingerprint density at radius 3 is 2.69 bits per heavy atom. The Labute approximate surface area is 190 Å². The third kappa shape index (κ3) is 3.81. The van der Waals surface area contributed by atoms with E-state index in [1.165, 1.54) is 11.3 Å². The normalized spacial score (nSPS) is 10.9. The molecule has 0 unspecified atom stereocenters. The monoisotopic (exact) mass is 463 g/mol. The van der Waals surface area contributed by atoms with Gasteiger partial charge >= 0.3 is 0 Å². The van der Waals surface area contributed by atoms with Crippen LogP contribution >= 0.6 is 22.7 Å². The Bertz CT molecular complexity index is 1390. The summed E-state index contributed by atoms with van der Waals surface area (Å²) in [5.74, 6) is 1.62. The number of amides is 1. The third-order valence-corrected chi connectivity index (χ3v) is 7.00. The van der Waals surface area contributed by atoms with Gasteiger partial charge in [-0.25, -0.2) is 4.98 Å². The van der Waals surface area contributed by atoms with Crippen molar-refractivity contribution in [3.8, 4) is 32.8 Å². The van der Waals surface area contributed by atoms with E-state index in [0.29, 0.717) is 27.8 Å². The van der Waals surface area contributed by atoms with E-state index >= 15 is 0 Å². The third-order valence-electron chi connectivity index (χ3n) is 4.71. The Kier molecular flexibility index (Phi) is 5.29. The van der Waals surface area contributed by atoms with Crippen LogP contribution in [0.5, 0.6) is 11.5 Å². The first-order valence-electron chi connectivity index (χ1n) is 9.56. The molecule has 0 radical (unpaired) electrons. The zero-order valence-electron chi connectivity index (χ0n) is 17.1. The lowest BCUT2D eigenvalue weighted by atomic mass is 10.2. The Balaban J connectivity index is 1.34. The van der Waals surface area contributed by atoms with E-state index in [0.717, 1.165) is 20.1 Å². The zero-order chi connectivity index (χ0) is 22.1. The molecule has 0 aliphatic carbocycles. The number of nitrogens with zero attached hydrogens (tertiary/aromatic N) is 3. The maximum atomic E-state index is 12.7. The molecule has 3 aromatic heterocycles. The predicted octanol–water partition coefficient (Wildman–Crippen LogP) is 5.08. The summed E-state index contributed by atoms with van der Waals surface area (Å²) in [7, 11) is 3.15. The van der Waals surface area contributed by atoms with Crippen LogP contribution in [0.3, 0.4) is 0 Å². The van der Waals surface area contributed by atoms with E-state index < -0.39 is 0 Å². The van der Waals surface area contributed by atoms with Crippen LogP contribution in [-0.2, 0) is 0 Å². The highest BCUT2D eigenvalue weighted by atomic mass is 32.1. The largest absolute Gasteiger partial charge is 0.497 e. The van der Waals surface area contributed by atoms with Gasteiger partial charge in [-0.05, 0) is 36.4 Å². The molecule has 5 rings (SSSR count). The number of ether oxygens (including phenoxy) is 2. The first kappa shape index (κ1) is 20.2. The smallest absolute Gasteiger partial charge is 0.268 e. The van der Waals surface area contributed by atoms with Gasteiger partial charge < -0.3 is 9.47 Å². The van der Waals surface area contributed by atoms with Crippen molar-refractivity contribution in [2.45, 2.75) is 0 Å². The van der Waals surface area contributed by atoms with Gasteiger partial charge in [0.15, 0.2) is 5.82 Å². The van der Waals surface area contributed by atoms with E-state index in [4.69, 9.17) is 9.47 Å². The molecule has 10 heteroatoms. The summed E-state index contributed by atoms with van der Waals surface area (Å²) in [4.78, 5) is 23.2. The summed E-state index contributed by atoms with van der Waals surface area (Å²) >= 11 is 2.98. The average molecular weight is 464 g/mol. The van der Waals surface area contributed by atoms with E-state index in [9.17, 15) is 4.79 Å². The fraction of sp³-hybridized carbons (Fsp3) is 0.0909. The van der Waals surface area contributed by atoms with Crippen molar-refractivity contribution in [3.63, 3.8) is 0 Å². The zero-order valence-corrected chi connectivity index (χ0v) is 18.7. The fourth-order valence-corrected chi connectivity index (χ4v) is 5.07. The number of methoxy groups -OCH3 is 2. The first-order valence-corrected chi connectivity index (χ1v) is 11.2. The quantitative estimate of drug-likeness (QED) is 0.364. The number of anilines is 1. The lowest BCUT2D eigenvalue weighted by Crippen LogP contribution is -2.11. The second-order valence-corrected chi connectivity index (χ2v) is 8.79. The number of rotatable bonds is 6. The van der Waals surface area contributed by atoms with Crippen molar-refractivity contribution >= 4 is 44.7 Å². The number of carbonyl (C=O) groups excluding carboxylic acids is 1. The molecular weight excluding hydrogens is 446 g/mol. The number of fused-ring (bicyclic) bond motifs is 1. The maximum Gasteiger partial charge on any atom is 0.268 e. The summed E-state index contributed by atoms with van der Waals surface area (Å²) in [6.45, 7) is 0. The van der Waals surface area contributed by atoms with Crippen LogP contribution < -0.4 is 14.8 Å². The molecule has 0 aliphatic heterocycles. The molecule has 0 aliphatic rings.